The molecule has 0 spiro atoms. The highest BCUT2D eigenvalue weighted by Crippen LogP contribution is 2.34. The summed E-state index contributed by atoms with van der Waals surface area (Å²) in [6, 6.07) is 0. The minimum absolute atomic E-state index is 0.242. The van der Waals surface area contributed by atoms with Gasteiger partial charge in [-0.25, -0.2) is 4.98 Å². The molecule has 1 aliphatic rings. The van der Waals surface area contributed by atoms with Crippen LogP contribution in [0.25, 0.3) is 0 Å². The molecule has 0 saturated heterocycles. The fourth-order valence-corrected chi connectivity index (χ4v) is 2.93. The molecule has 0 bridgehead atoms. The Bertz CT molecular complexity index is 363. The third kappa shape index (κ3) is 1.69. The number of pyridine rings is 1. The first kappa shape index (κ1) is 10.4. The third-order valence-electron chi connectivity index (χ3n) is 2.91. The van der Waals surface area contributed by atoms with Gasteiger partial charge in [-0.15, -0.1) is 0 Å². The van der Waals surface area contributed by atoms with Crippen molar-refractivity contribution in [3.8, 4) is 0 Å². The van der Waals surface area contributed by atoms with Crippen molar-refractivity contribution in [3.63, 3.8) is 0 Å². The van der Waals surface area contributed by atoms with Crippen molar-refractivity contribution in [1.82, 2.24) is 4.98 Å². The van der Waals surface area contributed by atoms with Crippen LogP contribution < -0.4 is 0 Å². The van der Waals surface area contributed by atoms with Gasteiger partial charge in [-0.1, -0.05) is 20.8 Å². The molecule has 1 aliphatic carbocycles. The van der Waals surface area contributed by atoms with Gasteiger partial charge >= 0.3 is 0 Å². The topological polar surface area (TPSA) is 12.9 Å². The first-order chi connectivity index (χ1) is 6.50. The van der Waals surface area contributed by atoms with E-state index in [2.05, 4.69) is 54.5 Å². The van der Waals surface area contributed by atoms with Gasteiger partial charge in [0.1, 0.15) is 3.70 Å². The average molecular weight is 301 g/mol. The molecule has 0 aromatic carbocycles. The molecule has 0 radical (unpaired) electrons. The molecule has 0 saturated carbocycles. The van der Waals surface area contributed by atoms with E-state index in [1.54, 1.807) is 5.56 Å². The highest BCUT2D eigenvalue weighted by molar-refractivity contribution is 14.1. The van der Waals surface area contributed by atoms with Crippen molar-refractivity contribution in [1.29, 1.82) is 0 Å². The lowest BCUT2D eigenvalue weighted by molar-refractivity contribution is 0.580. The fraction of sp³-hybridized carbons (Fsp3) is 0.583. The smallest absolute Gasteiger partial charge is 0.104 e. The molecule has 0 aliphatic heterocycles. The van der Waals surface area contributed by atoms with Crippen LogP contribution >= 0.6 is 22.6 Å². The molecule has 0 N–H and O–H groups in total. The van der Waals surface area contributed by atoms with Crippen molar-refractivity contribution < 1.29 is 0 Å². The van der Waals surface area contributed by atoms with E-state index in [9.17, 15) is 0 Å². The van der Waals surface area contributed by atoms with Crippen molar-refractivity contribution >= 4 is 22.6 Å². The molecule has 0 atom stereocenters. The van der Waals surface area contributed by atoms with Crippen molar-refractivity contribution in [2.24, 2.45) is 0 Å². The zero-order valence-corrected chi connectivity index (χ0v) is 11.2. The highest BCUT2D eigenvalue weighted by atomic mass is 127. The van der Waals surface area contributed by atoms with Crippen LogP contribution in [0.5, 0.6) is 0 Å². The molecule has 76 valence electrons. The number of nitrogens with zero attached hydrogens (tertiary/aromatic N) is 1. The van der Waals surface area contributed by atoms with E-state index < -0.39 is 0 Å². The average Bonchev–Trinajstić information content (AvgIpc) is 2.50. The van der Waals surface area contributed by atoms with E-state index in [1.165, 1.54) is 34.1 Å². The first-order valence-corrected chi connectivity index (χ1v) is 6.25. The number of rotatable bonds is 0. The molecule has 2 rings (SSSR count). The third-order valence-corrected chi connectivity index (χ3v) is 3.84. The maximum atomic E-state index is 4.50. The number of hydrogen-bond donors (Lipinski definition) is 0. The Morgan fingerprint density at radius 2 is 1.86 bits per heavy atom. The quantitative estimate of drug-likeness (QED) is 0.528. The largest absolute Gasteiger partial charge is 0.250 e. The SMILES string of the molecule is CC(C)(C)c1cnc(I)c2c1CCC2. The zero-order chi connectivity index (χ0) is 10.3. The Labute approximate surface area is 99.5 Å². The lowest BCUT2D eigenvalue weighted by atomic mass is 9.84. The van der Waals surface area contributed by atoms with Gasteiger partial charge in [0.15, 0.2) is 0 Å². The lowest BCUT2D eigenvalue weighted by Crippen LogP contribution is -2.15. The molecule has 2 heteroatoms. The summed E-state index contributed by atoms with van der Waals surface area (Å²) in [6.07, 6.45) is 5.86. The number of aromatic nitrogens is 1. The number of hydrogen-bond acceptors (Lipinski definition) is 1. The van der Waals surface area contributed by atoms with Gasteiger partial charge in [-0.3, -0.25) is 0 Å². The minimum Gasteiger partial charge on any atom is -0.250 e. The Morgan fingerprint density at radius 3 is 2.50 bits per heavy atom. The van der Waals surface area contributed by atoms with Crippen LogP contribution in [0.4, 0.5) is 0 Å². The van der Waals surface area contributed by atoms with Crippen LogP contribution in [0.15, 0.2) is 6.20 Å². The predicted octanol–water partition coefficient (Wildman–Crippen LogP) is 3.47. The predicted molar refractivity (Wildman–Crippen MR) is 67.7 cm³/mol. The molecule has 0 fully saturated rings. The molecule has 14 heavy (non-hydrogen) atoms. The summed E-state index contributed by atoms with van der Waals surface area (Å²) in [5, 5.41) is 0. The van der Waals surface area contributed by atoms with Crippen LogP contribution in [0.3, 0.4) is 0 Å². The fourth-order valence-electron chi connectivity index (χ4n) is 2.19. The summed E-state index contributed by atoms with van der Waals surface area (Å²) >= 11 is 2.36. The Hall–Kier alpha value is -0.120. The molecule has 0 unspecified atom stereocenters. The highest BCUT2D eigenvalue weighted by Gasteiger charge is 2.24. The summed E-state index contributed by atoms with van der Waals surface area (Å²) in [5.74, 6) is 0. The lowest BCUT2D eigenvalue weighted by Gasteiger charge is -2.22. The van der Waals surface area contributed by atoms with Gasteiger partial charge in [-0.05, 0) is 64.0 Å². The summed E-state index contributed by atoms with van der Waals surface area (Å²) in [6.45, 7) is 6.82. The molecule has 1 aromatic rings. The van der Waals surface area contributed by atoms with E-state index >= 15 is 0 Å². The second-order valence-corrected chi connectivity index (χ2v) is 6.05. The maximum Gasteiger partial charge on any atom is 0.104 e. The van der Waals surface area contributed by atoms with E-state index in [1.807, 2.05) is 0 Å². The standard InChI is InChI=1S/C12H16IN/c1-12(2,3)10-7-14-11(13)9-6-4-5-8(9)10/h7H,4-6H2,1-3H3. The number of fused-ring (bicyclic) bond motifs is 1. The summed E-state index contributed by atoms with van der Waals surface area (Å²) in [7, 11) is 0. The molecule has 0 amide bonds. The summed E-state index contributed by atoms with van der Waals surface area (Å²) < 4.78 is 1.21. The second-order valence-electron chi connectivity index (χ2n) is 5.02. The summed E-state index contributed by atoms with van der Waals surface area (Å²) in [4.78, 5) is 4.50. The van der Waals surface area contributed by atoms with Crippen LogP contribution in [0.1, 0.15) is 43.9 Å². The normalized spacial score (nSPS) is 15.7. The molecular formula is C12H16IN. The monoisotopic (exact) mass is 301 g/mol. The van der Waals surface area contributed by atoms with Crippen LogP contribution in [-0.4, -0.2) is 4.98 Å². The minimum atomic E-state index is 0.242. The van der Waals surface area contributed by atoms with Crippen molar-refractivity contribution in [2.45, 2.75) is 45.4 Å². The zero-order valence-electron chi connectivity index (χ0n) is 9.02. The van der Waals surface area contributed by atoms with Gasteiger partial charge in [-0.2, -0.15) is 0 Å². The van der Waals surface area contributed by atoms with Gasteiger partial charge in [0.25, 0.3) is 0 Å². The summed E-state index contributed by atoms with van der Waals surface area (Å²) in [5.41, 5.74) is 4.78. The van der Waals surface area contributed by atoms with Gasteiger partial charge in [0, 0.05) is 6.20 Å². The van der Waals surface area contributed by atoms with Gasteiger partial charge in [0.05, 0.1) is 0 Å². The maximum absolute atomic E-state index is 4.50. The molecule has 1 aromatic heterocycles. The van der Waals surface area contributed by atoms with E-state index in [0.29, 0.717) is 0 Å². The van der Waals surface area contributed by atoms with Crippen molar-refractivity contribution in [2.75, 3.05) is 0 Å². The first-order valence-electron chi connectivity index (χ1n) is 5.17. The van der Waals surface area contributed by atoms with E-state index in [-0.39, 0.29) is 5.41 Å². The Balaban J connectivity index is 2.60. The molecule has 1 nitrogen and oxygen atoms in total. The Kier molecular flexibility index (Phi) is 2.58. The van der Waals surface area contributed by atoms with E-state index in [0.717, 1.165) is 0 Å². The molecular weight excluding hydrogens is 285 g/mol. The van der Waals surface area contributed by atoms with Crippen LogP contribution in [0, 0.1) is 3.70 Å². The Morgan fingerprint density at radius 1 is 1.21 bits per heavy atom. The molecule has 1 heterocycles. The number of halogens is 1. The van der Waals surface area contributed by atoms with E-state index in [4.69, 9.17) is 0 Å². The van der Waals surface area contributed by atoms with Crippen molar-refractivity contribution in [3.05, 3.63) is 26.6 Å². The van der Waals surface area contributed by atoms with Gasteiger partial charge < -0.3 is 0 Å². The van der Waals surface area contributed by atoms with Crippen LogP contribution in [-0.2, 0) is 18.3 Å². The second kappa shape index (κ2) is 3.47. The van der Waals surface area contributed by atoms with Gasteiger partial charge in [0.2, 0.25) is 0 Å². The van der Waals surface area contributed by atoms with Crippen LogP contribution in [0.2, 0.25) is 0 Å².